The molecule has 0 aliphatic heterocycles. The Labute approximate surface area is 509 Å². The second-order valence-electron chi connectivity index (χ2n) is 22.8. The molecule has 0 radical (unpaired) electrons. The second-order valence-corrected chi connectivity index (χ2v) is 22.8. The highest BCUT2D eigenvalue weighted by molar-refractivity contribution is 5.76. The summed E-state index contributed by atoms with van der Waals surface area (Å²) in [6.07, 6.45) is 113. The van der Waals surface area contributed by atoms with Crippen molar-refractivity contribution in [3.05, 3.63) is 158 Å². The predicted molar refractivity (Wildman–Crippen MR) is 368 cm³/mol. The van der Waals surface area contributed by atoms with Crippen LogP contribution in [-0.2, 0) is 4.79 Å². The van der Waals surface area contributed by atoms with Crippen LogP contribution >= 0.6 is 0 Å². The summed E-state index contributed by atoms with van der Waals surface area (Å²) >= 11 is 0. The second kappa shape index (κ2) is 71.3. The molecule has 82 heavy (non-hydrogen) atoms. The molecular weight excluding hydrogens is 999 g/mol. The SMILES string of the molecule is CC/C=C\C/C=C\C/C=C\C/C=C\C/C=C\C/C=C\C/C=C\C/C=C\C/C=C\C/C=C\CCCCCCCCC(=O)NC(CO)C(O)/C=C/CC/C=C/CC/C=C/CCCCCCCCCCCCCCCCCCCCCCCCC. The van der Waals surface area contributed by atoms with Crippen LogP contribution in [0.2, 0.25) is 0 Å². The minimum absolute atomic E-state index is 0.0968. The van der Waals surface area contributed by atoms with Crippen molar-refractivity contribution in [3.63, 3.8) is 0 Å². The molecule has 0 aromatic carbocycles. The first-order chi connectivity index (χ1) is 40.7. The third-order valence-corrected chi connectivity index (χ3v) is 15.0. The van der Waals surface area contributed by atoms with E-state index < -0.39 is 12.1 Å². The van der Waals surface area contributed by atoms with Gasteiger partial charge in [0.1, 0.15) is 0 Å². The Morgan fingerprint density at radius 3 is 0.854 bits per heavy atom. The topological polar surface area (TPSA) is 69.6 Å². The lowest BCUT2D eigenvalue weighted by Crippen LogP contribution is -2.45. The zero-order chi connectivity index (χ0) is 59.1. The number of aliphatic hydroxyl groups excluding tert-OH is 2. The van der Waals surface area contributed by atoms with Crippen molar-refractivity contribution in [2.75, 3.05) is 6.61 Å². The van der Waals surface area contributed by atoms with Gasteiger partial charge in [0, 0.05) is 6.42 Å². The van der Waals surface area contributed by atoms with Gasteiger partial charge in [-0.05, 0) is 122 Å². The summed E-state index contributed by atoms with van der Waals surface area (Å²) in [4.78, 5) is 12.5. The van der Waals surface area contributed by atoms with Crippen LogP contribution in [0.1, 0.15) is 309 Å². The maximum absolute atomic E-state index is 12.5. The summed E-state index contributed by atoms with van der Waals surface area (Å²) in [6.45, 7) is 4.19. The molecule has 4 heteroatoms. The molecular formula is C78H131NO3. The average Bonchev–Trinajstić information content (AvgIpc) is 3.50. The van der Waals surface area contributed by atoms with Crippen molar-refractivity contribution in [1.29, 1.82) is 0 Å². The van der Waals surface area contributed by atoms with E-state index in [4.69, 9.17) is 0 Å². The Morgan fingerprint density at radius 1 is 0.305 bits per heavy atom. The van der Waals surface area contributed by atoms with Crippen LogP contribution in [0.25, 0.3) is 0 Å². The summed E-state index contributed by atoms with van der Waals surface area (Å²) in [6, 6.07) is -0.668. The Morgan fingerprint density at radius 2 is 0.549 bits per heavy atom. The predicted octanol–water partition coefficient (Wildman–Crippen LogP) is 24.0. The zero-order valence-electron chi connectivity index (χ0n) is 53.7. The monoisotopic (exact) mass is 1130 g/mol. The maximum Gasteiger partial charge on any atom is 0.220 e. The largest absolute Gasteiger partial charge is 0.394 e. The van der Waals surface area contributed by atoms with Crippen molar-refractivity contribution >= 4 is 5.91 Å². The number of carbonyl (C=O) groups is 1. The van der Waals surface area contributed by atoms with Crippen molar-refractivity contribution in [2.45, 2.75) is 321 Å². The van der Waals surface area contributed by atoms with Crippen LogP contribution in [0.15, 0.2) is 158 Å². The van der Waals surface area contributed by atoms with Gasteiger partial charge in [0.15, 0.2) is 0 Å². The van der Waals surface area contributed by atoms with E-state index in [9.17, 15) is 15.0 Å². The van der Waals surface area contributed by atoms with E-state index in [0.29, 0.717) is 6.42 Å². The summed E-state index contributed by atoms with van der Waals surface area (Å²) in [5.41, 5.74) is 0. The number of nitrogens with one attached hydrogen (secondary N) is 1. The highest BCUT2D eigenvalue weighted by Gasteiger charge is 2.18. The van der Waals surface area contributed by atoms with Gasteiger partial charge in [0.2, 0.25) is 5.91 Å². The van der Waals surface area contributed by atoms with Crippen molar-refractivity contribution in [3.8, 4) is 0 Å². The fourth-order valence-corrected chi connectivity index (χ4v) is 9.77. The molecule has 0 saturated heterocycles. The van der Waals surface area contributed by atoms with Crippen LogP contribution in [0.4, 0.5) is 0 Å². The molecule has 466 valence electrons. The molecule has 0 saturated carbocycles. The molecule has 0 rings (SSSR count). The molecule has 0 bridgehead atoms. The molecule has 4 nitrogen and oxygen atoms in total. The average molecular weight is 1130 g/mol. The standard InChI is InChI=1S/C78H131NO3/c1-3-5-7-9-11-13-15-17-19-21-23-25-27-29-31-33-35-37-38-39-40-42-44-46-48-50-52-54-56-58-60-62-64-66-68-70-72-74-78(82)79-76(75-80)77(81)73-71-69-67-65-63-61-59-57-55-53-51-49-47-45-43-41-36-34-32-30-28-26-24-22-20-18-16-14-12-10-8-6-4-2/h5,7,11,13,17,19,23,25,29,31,35,37,39-40,44,46,50,52,55-58,63,65,71,73,76-77,80-81H,3-4,6,8-10,12,14-16,18,20-22,24,26-28,30,32-34,36,38,41-43,45,47-49,51,53-54,59-62,64,66-70,72,74-75H2,1-2H3,(H,79,82)/b7-5-,13-11-,19-17-,25-23-,31-29-,37-35-,40-39-,46-44-,52-50-,57-55+,58-56-,65-63+,73-71+. The van der Waals surface area contributed by atoms with Crippen LogP contribution in [0.3, 0.4) is 0 Å². The van der Waals surface area contributed by atoms with Gasteiger partial charge >= 0.3 is 0 Å². The lowest BCUT2D eigenvalue weighted by molar-refractivity contribution is -0.123. The fraction of sp³-hybridized carbons (Fsp3) is 0.654. The van der Waals surface area contributed by atoms with Crippen molar-refractivity contribution < 1.29 is 15.0 Å². The van der Waals surface area contributed by atoms with Gasteiger partial charge in [-0.1, -0.05) is 339 Å². The maximum atomic E-state index is 12.5. The van der Waals surface area contributed by atoms with E-state index >= 15 is 0 Å². The molecule has 2 unspecified atom stereocenters. The van der Waals surface area contributed by atoms with E-state index in [0.717, 1.165) is 116 Å². The minimum atomic E-state index is -0.891. The van der Waals surface area contributed by atoms with E-state index in [2.05, 4.69) is 165 Å². The molecule has 0 spiro atoms. The number of amides is 1. The number of aliphatic hydroxyl groups is 2. The smallest absolute Gasteiger partial charge is 0.220 e. The van der Waals surface area contributed by atoms with E-state index in [-0.39, 0.29) is 12.5 Å². The summed E-state index contributed by atoms with van der Waals surface area (Å²) in [5.74, 6) is -0.0968. The minimum Gasteiger partial charge on any atom is -0.394 e. The number of unbranched alkanes of at least 4 members (excludes halogenated alkanes) is 31. The Hall–Kier alpha value is -3.99. The van der Waals surface area contributed by atoms with Gasteiger partial charge in [-0.2, -0.15) is 0 Å². The molecule has 1 amide bonds. The Bertz CT molecular complexity index is 1710. The Kier molecular flexibility index (Phi) is 67.8. The number of hydrogen-bond donors (Lipinski definition) is 3. The van der Waals surface area contributed by atoms with Gasteiger partial charge in [0.05, 0.1) is 18.8 Å². The number of hydrogen-bond acceptors (Lipinski definition) is 3. The van der Waals surface area contributed by atoms with E-state index in [1.165, 1.54) is 173 Å². The van der Waals surface area contributed by atoms with Crippen LogP contribution in [0.5, 0.6) is 0 Å². The van der Waals surface area contributed by atoms with Crippen molar-refractivity contribution in [2.24, 2.45) is 0 Å². The number of rotatable bonds is 62. The van der Waals surface area contributed by atoms with Crippen LogP contribution in [-0.4, -0.2) is 34.9 Å². The first-order valence-corrected chi connectivity index (χ1v) is 34.7. The Balaban J connectivity index is 3.64. The third kappa shape index (κ3) is 66.8. The van der Waals surface area contributed by atoms with Crippen LogP contribution in [0, 0.1) is 0 Å². The zero-order valence-corrected chi connectivity index (χ0v) is 53.7. The molecule has 0 aliphatic carbocycles. The molecule has 3 N–H and O–H groups in total. The summed E-state index contributed by atoms with van der Waals surface area (Å²) < 4.78 is 0. The third-order valence-electron chi connectivity index (χ3n) is 15.0. The van der Waals surface area contributed by atoms with Gasteiger partial charge in [-0.25, -0.2) is 0 Å². The van der Waals surface area contributed by atoms with E-state index in [1.807, 2.05) is 6.08 Å². The van der Waals surface area contributed by atoms with Gasteiger partial charge in [-0.15, -0.1) is 0 Å². The molecule has 0 fully saturated rings. The lowest BCUT2D eigenvalue weighted by Gasteiger charge is -2.19. The highest BCUT2D eigenvalue weighted by atomic mass is 16.3. The molecule has 0 heterocycles. The van der Waals surface area contributed by atoms with Gasteiger partial charge < -0.3 is 15.5 Å². The van der Waals surface area contributed by atoms with Gasteiger partial charge in [-0.3, -0.25) is 4.79 Å². The fourth-order valence-electron chi connectivity index (χ4n) is 9.77. The molecule has 2 atom stereocenters. The first-order valence-electron chi connectivity index (χ1n) is 34.7. The van der Waals surface area contributed by atoms with Gasteiger partial charge in [0.25, 0.3) is 0 Å². The summed E-state index contributed by atoms with van der Waals surface area (Å²) in [7, 11) is 0. The molecule has 0 aromatic rings. The highest BCUT2D eigenvalue weighted by Crippen LogP contribution is 2.17. The molecule has 0 aromatic heterocycles. The lowest BCUT2D eigenvalue weighted by atomic mass is 10.0. The summed E-state index contributed by atoms with van der Waals surface area (Å²) in [5, 5.41) is 23.2. The number of allylic oxidation sites excluding steroid dienone is 25. The quantitative estimate of drug-likeness (QED) is 0.0420. The van der Waals surface area contributed by atoms with Crippen molar-refractivity contribution in [1.82, 2.24) is 5.32 Å². The van der Waals surface area contributed by atoms with Crippen LogP contribution < -0.4 is 5.32 Å². The molecule has 0 aliphatic rings. The normalized spacial score (nSPS) is 13.8. The van der Waals surface area contributed by atoms with E-state index in [1.54, 1.807) is 6.08 Å². The first kappa shape index (κ1) is 78.0. The number of carbonyl (C=O) groups excluding carboxylic acids is 1.